The third kappa shape index (κ3) is 3.03. The second kappa shape index (κ2) is 6.87. The molecule has 2 saturated carbocycles. The van der Waals surface area contributed by atoms with Gasteiger partial charge in [-0.1, -0.05) is 24.6 Å². The first-order valence-corrected chi connectivity index (χ1v) is 13.2. The average Bonchev–Trinajstić information content (AvgIpc) is 3.01. The van der Waals surface area contributed by atoms with Crippen LogP contribution in [0.4, 0.5) is 0 Å². The number of carbonyl (C=O) groups is 2. The fourth-order valence-corrected chi connectivity index (χ4v) is 7.42. The number of Topliss-reactive ketones (excluding diaryl/α,β-unsaturated/α-hetero) is 1. The molecule has 5 atom stereocenters. The minimum Gasteiger partial charge on any atom is -0.341 e. The molecule has 4 aliphatic carbocycles. The lowest BCUT2D eigenvalue weighted by molar-refractivity contribution is -0.128. The van der Waals surface area contributed by atoms with Crippen LogP contribution in [0.3, 0.4) is 0 Å². The lowest BCUT2D eigenvalue weighted by Crippen LogP contribution is -2.43. The van der Waals surface area contributed by atoms with Gasteiger partial charge in [0, 0.05) is 36.1 Å². The van der Waals surface area contributed by atoms with Gasteiger partial charge in [0.15, 0.2) is 5.78 Å². The Hall–Kier alpha value is -1.77. The van der Waals surface area contributed by atoms with E-state index in [0.29, 0.717) is 35.8 Å². The van der Waals surface area contributed by atoms with Crippen LogP contribution >= 0.6 is 7.37 Å². The predicted molar refractivity (Wildman–Crippen MR) is 117 cm³/mol. The van der Waals surface area contributed by atoms with Crippen LogP contribution in [0.15, 0.2) is 47.1 Å². The monoisotopic (exact) mass is 424 g/mol. The Morgan fingerprint density at radius 3 is 2.47 bits per heavy atom. The Balaban J connectivity index is 1.65. The van der Waals surface area contributed by atoms with Crippen molar-refractivity contribution in [2.45, 2.75) is 57.8 Å². The number of benzene rings is 1. The highest BCUT2D eigenvalue weighted by Gasteiger charge is 2.56. The van der Waals surface area contributed by atoms with Crippen LogP contribution in [0, 0.1) is 17.3 Å². The van der Waals surface area contributed by atoms with Gasteiger partial charge in [-0.15, -0.1) is 0 Å². The lowest BCUT2D eigenvalue weighted by atomic mass is 9.53. The molecule has 0 spiro atoms. The normalized spacial score (nSPS) is 35.3. The Morgan fingerprint density at radius 1 is 1.03 bits per heavy atom. The summed E-state index contributed by atoms with van der Waals surface area (Å²) < 4.78 is 12.1. The largest absolute Gasteiger partial charge is 0.341 e. The summed E-state index contributed by atoms with van der Waals surface area (Å²) in [6, 6.07) is 7.49. The Kier molecular flexibility index (Phi) is 4.61. The smallest absolute Gasteiger partial charge is 0.226 e. The van der Waals surface area contributed by atoms with Crippen molar-refractivity contribution < 1.29 is 19.0 Å². The summed E-state index contributed by atoms with van der Waals surface area (Å²) in [5.41, 5.74) is 4.86. The number of hydrogen-bond acceptors (Lipinski definition) is 3. The molecule has 1 aromatic carbocycles. The van der Waals surface area contributed by atoms with E-state index in [-0.39, 0.29) is 17.1 Å². The zero-order chi connectivity index (χ0) is 21.3. The van der Waals surface area contributed by atoms with Crippen molar-refractivity contribution in [2.75, 3.05) is 6.66 Å². The van der Waals surface area contributed by atoms with E-state index in [4.69, 9.17) is 0 Å². The molecule has 2 fully saturated rings. The van der Waals surface area contributed by atoms with Gasteiger partial charge in [0.1, 0.15) is 5.78 Å². The van der Waals surface area contributed by atoms with Crippen molar-refractivity contribution in [3.05, 3.63) is 52.6 Å². The van der Waals surface area contributed by atoms with E-state index < -0.39 is 7.37 Å². The first-order chi connectivity index (χ1) is 14.2. The Morgan fingerprint density at radius 2 is 1.77 bits per heavy atom. The molecular weight excluding hydrogens is 395 g/mol. The lowest BCUT2D eigenvalue weighted by Gasteiger charge is -2.50. The summed E-state index contributed by atoms with van der Waals surface area (Å²) in [4.78, 5) is 34.9. The van der Waals surface area contributed by atoms with E-state index in [1.54, 1.807) is 12.1 Å². The molecular formula is C25H29O4P. The van der Waals surface area contributed by atoms with Crippen molar-refractivity contribution in [3.8, 4) is 0 Å². The molecule has 0 radical (unpaired) electrons. The Labute approximate surface area is 177 Å². The highest BCUT2D eigenvalue weighted by atomic mass is 31.2. The molecule has 5 heteroatoms. The molecule has 158 valence electrons. The van der Waals surface area contributed by atoms with Crippen LogP contribution in [-0.4, -0.2) is 23.1 Å². The van der Waals surface area contributed by atoms with Gasteiger partial charge in [0.25, 0.3) is 0 Å². The number of fused-ring (bicyclic) bond motifs is 4. The summed E-state index contributed by atoms with van der Waals surface area (Å²) in [6.45, 7) is 3.53. The maximum absolute atomic E-state index is 13.0. The minimum atomic E-state index is -3.29. The van der Waals surface area contributed by atoms with Gasteiger partial charge < -0.3 is 4.89 Å². The van der Waals surface area contributed by atoms with E-state index in [1.165, 1.54) is 23.4 Å². The predicted octanol–water partition coefficient (Wildman–Crippen LogP) is 4.68. The zero-order valence-corrected chi connectivity index (χ0v) is 18.6. The molecule has 5 rings (SSSR count). The second-order valence-corrected chi connectivity index (χ2v) is 12.2. The molecule has 30 heavy (non-hydrogen) atoms. The summed E-state index contributed by atoms with van der Waals surface area (Å²) in [7, 11) is -3.29. The van der Waals surface area contributed by atoms with Crippen LogP contribution in [0.25, 0.3) is 0 Å². The molecule has 0 amide bonds. The first kappa shape index (κ1) is 20.2. The fourth-order valence-electron chi connectivity index (χ4n) is 6.71. The van der Waals surface area contributed by atoms with Gasteiger partial charge in [-0.3, -0.25) is 14.2 Å². The second-order valence-electron chi connectivity index (χ2n) is 9.93. The highest BCUT2D eigenvalue weighted by Crippen LogP contribution is 2.62. The topological polar surface area (TPSA) is 71.4 Å². The quantitative estimate of drug-likeness (QED) is 0.700. The molecule has 1 N–H and O–H groups in total. The highest BCUT2D eigenvalue weighted by molar-refractivity contribution is 7.65. The van der Waals surface area contributed by atoms with Gasteiger partial charge in [-0.05, 0) is 78.9 Å². The summed E-state index contributed by atoms with van der Waals surface area (Å²) in [6.07, 6.45) is 7.64. The molecule has 1 aromatic rings. The number of rotatable bonds is 2. The van der Waals surface area contributed by atoms with Crippen LogP contribution < -0.4 is 5.30 Å². The minimum absolute atomic E-state index is 0.134. The molecule has 0 aromatic heterocycles. The van der Waals surface area contributed by atoms with Crippen LogP contribution in [-0.2, 0) is 14.2 Å². The molecule has 0 saturated heterocycles. The number of carbonyl (C=O) groups excluding carboxylic acids is 2. The van der Waals surface area contributed by atoms with E-state index in [0.717, 1.165) is 37.7 Å². The van der Waals surface area contributed by atoms with Crippen molar-refractivity contribution >= 4 is 24.2 Å². The average molecular weight is 424 g/mol. The van der Waals surface area contributed by atoms with E-state index in [2.05, 4.69) is 6.92 Å². The van der Waals surface area contributed by atoms with Crippen LogP contribution in [0.5, 0.6) is 0 Å². The van der Waals surface area contributed by atoms with Crippen LogP contribution in [0.1, 0.15) is 63.4 Å². The third-order valence-corrected chi connectivity index (χ3v) is 9.47. The molecule has 0 bridgehead atoms. The molecule has 2 unspecified atom stereocenters. The SMILES string of the molecule is C[C@]12C[C@H](c3ccc(P(C)(=O)O)cc3)C3=C4CCC(=O)C=C4CCC3[C@@H]1CCC2=O. The molecule has 0 heterocycles. The van der Waals surface area contributed by atoms with E-state index >= 15 is 0 Å². The summed E-state index contributed by atoms with van der Waals surface area (Å²) in [5.74, 6) is 1.55. The van der Waals surface area contributed by atoms with Gasteiger partial charge in [0.05, 0.1) is 0 Å². The van der Waals surface area contributed by atoms with Crippen molar-refractivity contribution in [1.29, 1.82) is 0 Å². The fraction of sp³-hybridized carbons (Fsp3) is 0.520. The van der Waals surface area contributed by atoms with Crippen molar-refractivity contribution in [2.24, 2.45) is 17.3 Å². The van der Waals surface area contributed by atoms with E-state index in [1.807, 2.05) is 18.2 Å². The Bertz CT molecular complexity index is 1040. The maximum Gasteiger partial charge on any atom is 0.226 e. The van der Waals surface area contributed by atoms with Gasteiger partial charge in [-0.25, -0.2) is 0 Å². The third-order valence-electron chi connectivity index (χ3n) is 8.22. The maximum atomic E-state index is 13.0. The summed E-state index contributed by atoms with van der Waals surface area (Å²) in [5, 5.41) is 0.463. The standard InChI is InChI=1S/C25H29O4P/c1-25-14-21(15-3-7-18(8-4-15)30(2,28)29)24-19-10-6-17(26)13-16(19)5-9-20(24)22(25)11-12-23(25)27/h3-4,7-8,13,20-22H,5-6,9-12,14H2,1-2H3,(H,28,29)/t20?,21-,22+,25+/m1/s1. The summed E-state index contributed by atoms with van der Waals surface area (Å²) >= 11 is 0. The molecule has 4 aliphatic rings. The molecule has 4 nitrogen and oxygen atoms in total. The number of allylic oxidation sites excluding steroid dienone is 4. The van der Waals surface area contributed by atoms with Gasteiger partial charge >= 0.3 is 0 Å². The number of hydrogen-bond donors (Lipinski definition) is 1. The van der Waals surface area contributed by atoms with Gasteiger partial charge in [0.2, 0.25) is 7.37 Å². The zero-order valence-electron chi connectivity index (χ0n) is 17.7. The molecule has 0 aliphatic heterocycles. The van der Waals surface area contributed by atoms with Crippen molar-refractivity contribution in [1.82, 2.24) is 0 Å². The van der Waals surface area contributed by atoms with Gasteiger partial charge in [-0.2, -0.15) is 0 Å². The van der Waals surface area contributed by atoms with E-state index in [9.17, 15) is 19.0 Å². The first-order valence-electron chi connectivity index (χ1n) is 11.1. The van der Waals surface area contributed by atoms with Crippen LogP contribution in [0.2, 0.25) is 0 Å². The number of ketones is 2. The van der Waals surface area contributed by atoms with Crippen molar-refractivity contribution in [3.63, 3.8) is 0 Å².